The molecule has 0 aromatic heterocycles. The van der Waals surface area contributed by atoms with Crippen molar-refractivity contribution in [2.75, 3.05) is 18.5 Å². The van der Waals surface area contributed by atoms with Gasteiger partial charge in [0.25, 0.3) is 0 Å². The molecule has 2 rings (SSSR count). The first-order chi connectivity index (χ1) is 8.53. The van der Waals surface area contributed by atoms with E-state index >= 15 is 0 Å². The summed E-state index contributed by atoms with van der Waals surface area (Å²) >= 11 is 0. The van der Waals surface area contributed by atoms with Crippen molar-refractivity contribution < 1.29 is 14.6 Å². The van der Waals surface area contributed by atoms with Gasteiger partial charge < -0.3 is 20.9 Å². The maximum absolute atomic E-state index is 11.5. The maximum Gasteiger partial charge on any atom is 0.227 e. The number of fused-ring (bicyclic) bond motifs is 1. The molecule has 0 bridgehead atoms. The number of carbonyl (C=O) groups excluding carboxylic acids is 1. The summed E-state index contributed by atoms with van der Waals surface area (Å²) in [6.45, 7) is 2.26. The van der Waals surface area contributed by atoms with Crippen LogP contribution in [0.5, 0.6) is 5.75 Å². The molecule has 5 nitrogen and oxygen atoms in total. The Hall–Kier alpha value is -1.59. The van der Waals surface area contributed by atoms with E-state index in [1.165, 1.54) is 0 Å². The van der Waals surface area contributed by atoms with Crippen LogP contribution in [0.4, 0.5) is 5.69 Å². The van der Waals surface area contributed by atoms with Crippen molar-refractivity contribution in [3.63, 3.8) is 0 Å². The fourth-order valence-electron chi connectivity index (χ4n) is 1.95. The fraction of sp³-hybridized carbons (Fsp3) is 0.462. The number of nitrogens with one attached hydrogen (secondary N) is 1. The zero-order chi connectivity index (χ0) is 13.2. The molecule has 4 N–H and O–H groups in total. The van der Waals surface area contributed by atoms with Gasteiger partial charge in [0.1, 0.15) is 5.75 Å². The van der Waals surface area contributed by atoms with Gasteiger partial charge in [-0.25, -0.2) is 0 Å². The quantitative estimate of drug-likeness (QED) is 0.746. The highest BCUT2D eigenvalue weighted by atomic mass is 16.5. The minimum absolute atomic E-state index is 0.0208. The number of rotatable bonds is 3. The smallest absolute Gasteiger partial charge is 0.227 e. The van der Waals surface area contributed by atoms with Gasteiger partial charge in [-0.2, -0.15) is 0 Å². The van der Waals surface area contributed by atoms with E-state index in [1.54, 1.807) is 6.07 Å². The van der Waals surface area contributed by atoms with Crippen molar-refractivity contribution >= 4 is 11.6 Å². The largest absolute Gasteiger partial charge is 0.491 e. The van der Waals surface area contributed by atoms with Gasteiger partial charge in [0.05, 0.1) is 18.7 Å². The number of anilines is 1. The van der Waals surface area contributed by atoms with Crippen molar-refractivity contribution in [1.82, 2.24) is 0 Å². The lowest BCUT2D eigenvalue weighted by Crippen LogP contribution is -2.34. The number of hydrogen-bond acceptors (Lipinski definition) is 4. The lowest BCUT2D eigenvalue weighted by Gasteiger charge is -2.25. The average molecular weight is 250 g/mol. The van der Waals surface area contributed by atoms with Crippen molar-refractivity contribution in [2.24, 2.45) is 5.73 Å². The topological polar surface area (TPSA) is 84.6 Å². The molecule has 1 heterocycles. The molecule has 1 unspecified atom stereocenters. The molecule has 1 aliphatic heterocycles. The van der Waals surface area contributed by atoms with E-state index in [2.05, 4.69) is 5.32 Å². The number of carbonyl (C=O) groups is 1. The van der Waals surface area contributed by atoms with Crippen LogP contribution in [0, 0.1) is 0 Å². The Bertz CT molecular complexity index is 458. The van der Waals surface area contributed by atoms with Crippen molar-refractivity contribution in [3.05, 3.63) is 23.8 Å². The monoisotopic (exact) mass is 250 g/mol. The van der Waals surface area contributed by atoms with Crippen LogP contribution in [0.1, 0.15) is 25.3 Å². The van der Waals surface area contributed by atoms with Crippen molar-refractivity contribution in [2.45, 2.75) is 25.3 Å². The molecule has 5 heteroatoms. The molecule has 1 aromatic rings. The molecular formula is C13H18N2O3. The molecule has 1 aliphatic rings. The van der Waals surface area contributed by atoms with Crippen LogP contribution in [-0.4, -0.2) is 24.2 Å². The molecule has 1 aromatic carbocycles. The highest BCUT2D eigenvalue weighted by Gasteiger charge is 2.23. The van der Waals surface area contributed by atoms with E-state index in [-0.39, 0.29) is 12.5 Å². The third kappa shape index (κ3) is 2.63. The highest BCUT2D eigenvalue weighted by Crippen LogP contribution is 2.32. The molecule has 0 saturated heterocycles. The normalized spacial score (nSPS) is 18.1. The number of aliphatic hydroxyl groups excluding tert-OH is 1. The summed E-state index contributed by atoms with van der Waals surface area (Å²) in [6, 6.07) is 5.49. The fourth-order valence-corrected chi connectivity index (χ4v) is 1.95. The average Bonchev–Trinajstić information content (AvgIpc) is 2.48. The number of amides is 1. The number of benzene rings is 1. The zero-order valence-corrected chi connectivity index (χ0v) is 10.4. The van der Waals surface area contributed by atoms with E-state index in [4.69, 9.17) is 15.6 Å². The second-order valence-electron chi connectivity index (χ2n) is 4.75. The summed E-state index contributed by atoms with van der Waals surface area (Å²) in [4.78, 5) is 11.5. The van der Waals surface area contributed by atoms with Crippen LogP contribution in [0.2, 0.25) is 0 Å². The van der Waals surface area contributed by atoms with E-state index < -0.39 is 5.54 Å². The highest BCUT2D eigenvalue weighted by molar-refractivity contribution is 5.93. The van der Waals surface area contributed by atoms with E-state index in [9.17, 15) is 4.79 Å². The van der Waals surface area contributed by atoms with E-state index in [0.717, 1.165) is 5.56 Å². The molecular weight excluding hydrogens is 232 g/mol. The van der Waals surface area contributed by atoms with E-state index in [1.807, 2.05) is 19.1 Å². The van der Waals surface area contributed by atoms with Crippen molar-refractivity contribution in [1.29, 1.82) is 0 Å². The Morgan fingerprint density at radius 3 is 3.06 bits per heavy atom. The van der Waals surface area contributed by atoms with Crippen LogP contribution < -0.4 is 15.8 Å². The Labute approximate surface area is 106 Å². The number of nitrogens with two attached hydrogens (primary N) is 1. The Morgan fingerprint density at radius 1 is 1.56 bits per heavy atom. The molecule has 0 spiro atoms. The Kier molecular flexibility index (Phi) is 3.54. The minimum Gasteiger partial charge on any atom is -0.491 e. The van der Waals surface area contributed by atoms with Gasteiger partial charge in [0.2, 0.25) is 5.91 Å². The predicted molar refractivity (Wildman–Crippen MR) is 68.4 cm³/mol. The first kappa shape index (κ1) is 12.9. The van der Waals surface area contributed by atoms with Crippen LogP contribution in [0.3, 0.4) is 0 Å². The molecule has 0 radical (unpaired) electrons. The van der Waals surface area contributed by atoms with Crippen LogP contribution in [0.25, 0.3) is 0 Å². The summed E-state index contributed by atoms with van der Waals surface area (Å²) < 4.78 is 5.47. The predicted octanol–water partition coefficient (Wildman–Crippen LogP) is 0.964. The SMILES string of the molecule is CC(N)(CCO)c1ccc2c(c1)NC(=O)CCO2. The molecule has 1 amide bonds. The summed E-state index contributed by atoms with van der Waals surface area (Å²) in [6.07, 6.45) is 0.807. The molecule has 1 atom stereocenters. The van der Waals surface area contributed by atoms with Gasteiger partial charge in [-0.1, -0.05) is 6.07 Å². The standard InChI is InChI=1S/C13H18N2O3/c1-13(14,5-6-16)9-2-3-11-10(8-9)15-12(17)4-7-18-11/h2-3,8,16H,4-7,14H2,1H3,(H,15,17). The number of hydrogen-bond donors (Lipinski definition) is 3. The van der Waals surface area contributed by atoms with Crippen molar-refractivity contribution in [3.8, 4) is 5.75 Å². The summed E-state index contributed by atoms with van der Waals surface area (Å²) in [5.41, 5.74) is 7.02. The zero-order valence-electron chi connectivity index (χ0n) is 10.4. The molecule has 0 fully saturated rings. The summed E-state index contributed by atoms with van der Waals surface area (Å²) in [7, 11) is 0. The van der Waals surface area contributed by atoms with Crippen LogP contribution >= 0.6 is 0 Å². The van der Waals surface area contributed by atoms with Gasteiger partial charge in [-0.3, -0.25) is 4.79 Å². The Morgan fingerprint density at radius 2 is 2.33 bits per heavy atom. The van der Waals surface area contributed by atoms with Gasteiger partial charge in [-0.05, 0) is 31.0 Å². The summed E-state index contributed by atoms with van der Waals surface area (Å²) in [5, 5.41) is 11.8. The minimum atomic E-state index is -0.624. The lowest BCUT2D eigenvalue weighted by molar-refractivity contribution is -0.116. The molecule has 98 valence electrons. The van der Waals surface area contributed by atoms with Gasteiger partial charge >= 0.3 is 0 Å². The number of ether oxygens (including phenoxy) is 1. The van der Waals surface area contributed by atoms with Gasteiger partial charge in [0, 0.05) is 12.1 Å². The third-order valence-corrected chi connectivity index (χ3v) is 3.13. The Balaban J connectivity index is 2.33. The van der Waals surface area contributed by atoms with Gasteiger partial charge in [-0.15, -0.1) is 0 Å². The van der Waals surface area contributed by atoms with Gasteiger partial charge in [0.15, 0.2) is 0 Å². The second-order valence-corrected chi connectivity index (χ2v) is 4.75. The molecule has 18 heavy (non-hydrogen) atoms. The first-order valence-corrected chi connectivity index (χ1v) is 6.00. The van der Waals surface area contributed by atoms with Crippen LogP contribution in [0.15, 0.2) is 18.2 Å². The molecule has 0 aliphatic carbocycles. The third-order valence-electron chi connectivity index (χ3n) is 3.13. The van der Waals surface area contributed by atoms with E-state index in [0.29, 0.717) is 30.9 Å². The molecule has 0 saturated carbocycles. The second kappa shape index (κ2) is 4.96. The number of aliphatic hydroxyl groups is 1. The maximum atomic E-state index is 11.5. The van der Waals surface area contributed by atoms with Crippen LogP contribution in [-0.2, 0) is 10.3 Å². The lowest BCUT2D eigenvalue weighted by atomic mass is 9.89. The summed E-state index contributed by atoms with van der Waals surface area (Å²) in [5.74, 6) is 0.594. The first-order valence-electron chi connectivity index (χ1n) is 6.00.